The SMILES string of the molecule is Cc1ccc(O[C@@H]2C[C@@H]3CN(CC(=O)N4CCNCC4)C[C@@H]3C[C@H]2O)c(C)n1. The summed E-state index contributed by atoms with van der Waals surface area (Å²) < 4.78 is 6.16. The molecule has 0 unspecified atom stereocenters. The number of aromatic nitrogens is 1. The first-order chi connectivity index (χ1) is 13.5. The van der Waals surface area contributed by atoms with Crippen LogP contribution in [0, 0.1) is 25.7 Å². The fourth-order valence-electron chi connectivity index (χ4n) is 4.91. The standard InChI is InChI=1S/C21H32N4O3/c1-14-3-4-19(15(2)23-14)28-20-10-17-12-24(11-16(17)9-18(20)26)13-21(27)25-7-5-22-6-8-25/h3-4,16-18,20,22,26H,5-13H2,1-2H3/t16-,17+,18+,20+/m0/s1. The number of nitrogens with one attached hydrogen (secondary N) is 1. The molecule has 0 spiro atoms. The maximum atomic E-state index is 12.6. The Balaban J connectivity index is 1.33. The summed E-state index contributed by atoms with van der Waals surface area (Å²) in [4.78, 5) is 21.3. The number of aliphatic hydroxyl groups excluding tert-OH is 1. The highest BCUT2D eigenvalue weighted by Gasteiger charge is 2.43. The Morgan fingerprint density at radius 1 is 1.21 bits per heavy atom. The third-order valence-corrected chi connectivity index (χ3v) is 6.44. The topological polar surface area (TPSA) is 77.9 Å². The van der Waals surface area contributed by atoms with Gasteiger partial charge in [-0.2, -0.15) is 0 Å². The van der Waals surface area contributed by atoms with Crippen molar-refractivity contribution >= 4 is 5.91 Å². The molecule has 2 aliphatic heterocycles. The van der Waals surface area contributed by atoms with Crippen LogP contribution in [-0.4, -0.2) is 83.8 Å². The monoisotopic (exact) mass is 388 g/mol. The molecule has 4 atom stereocenters. The van der Waals surface area contributed by atoms with Crippen LogP contribution in [0.4, 0.5) is 0 Å². The molecule has 4 rings (SSSR count). The lowest BCUT2D eigenvalue weighted by atomic mass is 9.78. The van der Waals surface area contributed by atoms with Crippen LogP contribution in [0.1, 0.15) is 24.2 Å². The van der Waals surface area contributed by atoms with Crippen molar-refractivity contribution in [3.05, 3.63) is 23.5 Å². The van der Waals surface area contributed by atoms with E-state index in [2.05, 4.69) is 15.2 Å². The van der Waals surface area contributed by atoms with E-state index in [-0.39, 0.29) is 12.0 Å². The van der Waals surface area contributed by atoms with Gasteiger partial charge in [0, 0.05) is 45.0 Å². The average Bonchev–Trinajstić information content (AvgIpc) is 3.05. The Kier molecular flexibility index (Phi) is 5.85. The molecule has 1 saturated carbocycles. The van der Waals surface area contributed by atoms with Gasteiger partial charge in [-0.05, 0) is 50.7 Å². The minimum absolute atomic E-state index is 0.201. The largest absolute Gasteiger partial charge is 0.486 e. The second-order valence-corrected chi connectivity index (χ2v) is 8.58. The van der Waals surface area contributed by atoms with Crippen molar-refractivity contribution in [2.75, 3.05) is 45.8 Å². The predicted octanol–water partition coefficient (Wildman–Crippen LogP) is 0.580. The quantitative estimate of drug-likeness (QED) is 0.786. The highest BCUT2D eigenvalue weighted by molar-refractivity contribution is 5.78. The maximum Gasteiger partial charge on any atom is 0.236 e. The number of likely N-dealkylation sites (tertiary alicyclic amines) is 1. The van der Waals surface area contributed by atoms with Gasteiger partial charge in [-0.1, -0.05) is 0 Å². The van der Waals surface area contributed by atoms with Gasteiger partial charge >= 0.3 is 0 Å². The number of piperazine rings is 1. The number of carbonyl (C=O) groups is 1. The molecule has 28 heavy (non-hydrogen) atoms. The van der Waals surface area contributed by atoms with Gasteiger partial charge < -0.3 is 20.1 Å². The molecule has 2 N–H and O–H groups in total. The molecular formula is C21H32N4O3. The molecule has 1 aromatic heterocycles. The fraction of sp³-hybridized carbons (Fsp3) is 0.714. The van der Waals surface area contributed by atoms with E-state index in [1.54, 1.807) is 0 Å². The summed E-state index contributed by atoms with van der Waals surface area (Å²) in [6.45, 7) is 9.60. The first-order valence-corrected chi connectivity index (χ1v) is 10.5. The van der Waals surface area contributed by atoms with E-state index in [9.17, 15) is 9.90 Å². The van der Waals surface area contributed by atoms with Crippen molar-refractivity contribution < 1.29 is 14.6 Å². The van der Waals surface area contributed by atoms with E-state index in [0.29, 0.717) is 18.4 Å². The van der Waals surface area contributed by atoms with E-state index in [0.717, 1.165) is 69.2 Å². The molecule has 0 bridgehead atoms. The molecule has 7 heteroatoms. The minimum atomic E-state index is -0.467. The van der Waals surface area contributed by atoms with Crippen LogP contribution in [0.2, 0.25) is 0 Å². The summed E-state index contributed by atoms with van der Waals surface area (Å²) in [5.74, 6) is 1.91. The van der Waals surface area contributed by atoms with Gasteiger partial charge in [0.1, 0.15) is 11.9 Å². The molecule has 3 fully saturated rings. The summed E-state index contributed by atoms with van der Waals surface area (Å²) >= 11 is 0. The Morgan fingerprint density at radius 3 is 2.64 bits per heavy atom. The Morgan fingerprint density at radius 2 is 1.93 bits per heavy atom. The average molecular weight is 389 g/mol. The van der Waals surface area contributed by atoms with Crippen molar-refractivity contribution in [2.45, 2.75) is 38.9 Å². The van der Waals surface area contributed by atoms with Gasteiger partial charge in [-0.15, -0.1) is 0 Å². The minimum Gasteiger partial charge on any atom is -0.486 e. The Labute approximate surface area is 167 Å². The number of hydrogen-bond acceptors (Lipinski definition) is 6. The molecule has 7 nitrogen and oxygen atoms in total. The van der Waals surface area contributed by atoms with Gasteiger partial charge in [-0.25, -0.2) is 0 Å². The lowest BCUT2D eigenvalue weighted by molar-refractivity contribution is -0.132. The molecule has 0 aromatic carbocycles. The van der Waals surface area contributed by atoms with Gasteiger partial charge in [-0.3, -0.25) is 14.7 Å². The van der Waals surface area contributed by atoms with E-state index in [4.69, 9.17) is 4.74 Å². The van der Waals surface area contributed by atoms with E-state index in [1.165, 1.54) is 0 Å². The predicted molar refractivity (Wildman–Crippen MR) is 106 cm³/mol. The third kappa shape index (κ3) is 4.31. The number of aliphatic hydroxyl groups is 1. The van der Waals surface area contributed by atoms with Crippen molar-refractivity contribution in [1.29, 1.82) is 0 Å². The summed E-state index contributed by atoms with van der Waals surface area (Å²) in [6, 6.07) is 3.89. The summed E-state index contributed by atoms with van der Waals surface area (Å²) in [5, 5.41) is 13.9. The van der Waals surface area contributed by atoms with Gasteiger partial charge in [0.05, 0.1) is 18.3 Å². The first-order valence-electron chi connectivity index (χ1n) is 10.5. The van der Waals surface area contributed by atoms with Gasteiger partial charge in [0.2, 0.25) is 5.91 Å². The fourth-order valence-corrected chi connectivity index (χ4v) is 4.91. The van der Waals surface area contributed by atoms with Crippen molar-refractivity contribution in [2.24, 2.45) is 11.8 Å². The lowest BCUT2D eigenvalue weighted by Crippen LogP contribution is -2.49. The van der Waals surface area contributed by atoms with Crippen molar-refractivity contribution in [1.82, 2.24) is 20.1 Å². The number of nitrogens with zero attached hydrogens (tertiary/aromatic N) is 3. The van der Waals surface area contributed by atoms with Crippen LogP contribution in [0.3, 0.4) is 0 Å². The molecular weight excluding hydrogens is 356 g/mol. The number of ether oxygens (including phenoxy) is 1. The summed E-state index contributed by atoms with van der Waals surface area (Å²) in [7, 11) is 0. The van der Waals surface area contributed by atoms with Crippen LogP contribution in [0.15, 0.2) is 12.1 Å². The highest BCUT2D eigenvalue weighted by atomic mass is 16.5. The summed E-state index contributed by atoms with van der Waals surface area (Å²) in [6.07, 6.45) is 0.905. The highest BCUT2D eigenvalue weighted by Crippen LogP contribution is 2.38. The van der Waals surface area contributed by atoms with Crippen LogP contribution in [0.5, 0.6) is 5.75 Å². The molecule has 154 valence electrons. The molecule has 3 heterocycles. The second kappa shape index (κ2) is 8.35. The van der Waals surface area contributed by atoms with Crippen LogP contribution in [0.25, 0.3) is 0 Å². The Hall–Kier alpha value is -1.70. The zero-order valence-corrected chi connectivity index (χ0v) is 16.9. The molecule has 1 amide bonds. The smallest absolute Gasteiger partial charge is 0.236 e. The Bertz CT molecular complexity index is 707. The molecule has 1 aliphatic carbocycles. The summed E-state index contributed by atoms with van der Waals surface area (Å²) in [5.41, 5.74) is 1.83. The van der Waals surface area contributed by atoms with Gasteiger partial charge in [0.25, 0.3) is 0 Å². The van der Waals surface area contributed by atoms with E-state index >= 15 is 0 Å². The molecule has 3 aliphatic rings. The number of hydrogen-bond donors (Lipinski definition) is 2. The third-order valence-electron chi connectivity index (χ3n) is 6.44. The van der Waals surface area contributed by atoms with E-state index < -0.39 is 6.10 Å². The molecule has 2 saturated heterocycles. The second-order valence-electron chi connectivity index (χ2n) is 8.58. The maximum absolute atomic E-state index is 12.6. The number of carbonyl (C=O) groups excluding carboxylic acids is 1. The number of fused-ring (bicyclic) bond motifs is 1. The van der Waals surface area contributed by atoms with Crippen molar-refractivity contribution in [3.8, 4) is 5.75 Å². The van der Waals surface area contributed by atoms with Crippen LogP contribution < -0.4 is 10.1 Å². The first kappa shape index (κ1) is 19.6. The zero-order chi connectivity index (χ0) is 19.7. The van der Waals surface area contributed by atoms with E-state index in [1.807, 2.05) is 30.9 Å². The lowest BCUT2D eigenvalue weighted by Gasteiger charge is -2.35. The molecule has 1 aromatic rings. The number of rotatable bonds is 4. The molecule has 0 radical (unpaired) electrons. The van der Waals surface area contributed by atoms with Crippen LogP contribution in [-0.2, 0) is 4.79 Å². The number of pyridine rings is 1. The normalized spacial score (nSPS) is 30.9. The number of amides is 1. The van der Waals surface area contributed by atoms with Crippen LogP contribution >= 0.6 is 0 Å². The van der Waals surface area contributed by atoms with Crippen molar-refractivity contribution in [3.63, 3.8) is 0 Å². The van der Waals surface area contributed by atoms with Gasteiger partial charge in [0.15, 0.2) is 0 Å². The zero-order valence-electron chi connectivity index (χ0n) is 16.9. The number of aryl methyl sites for hydroxylation is 2.